The van der Waals surface area contributed by atoms with Crippen LogP contribution in [0.15, 0.2) is 89.0 Å². The average molecular weight is 424 g/mol. The Hall–Kier alpha value is -3.72. The zero-order valence-electron chi connectivity index (χ0n) is 16.2. The van der Waals surface area contributed by atoms with Crippen molar-refractivity contribution in [2.45, 2.75) is 4.90 Å². The number of nitrogens with zero attached hydrogens (tertiary/aromatic N) is 3. The highest BCUT2D eigenvalue weighted by atomic mass is 32.2. The molecule has 0 aliphatic heterocycles. The molecule has 1 amide bonds. The summed E-state index contributed by atoms with van der Waals surface area (Å²) >= 11 is 0. The molecule has 3 aromatic rings. The lowest BCUT2D eigenvalue weighted by Crippen LogP contribution is -2.40. The van der Waals surface area contributed by atoms with Crippen LogP contribution < -0.4 is 14.5 Å². The van der Waals surface area contributed by atoms with Crippen LogP contribution in [-0.2, 0) is 14.8 Å². The number of methoxy groups -OCH3 is 1. The Balaban J connectivity index is 1.80. The van der Waals surface area contributed by atoms with E-state index in [4.69, 9.17) is 4.74 Å². The maximum Gasteiger partial charge on any atom is 0.265 e. The van der Waals surface area contributed by atoms with Gasteiger partial charge in [0.15, 0.2) is 0 Å². The molecule has 1 N–H and O–H groups in total. The number of hydrazone groups is 1. The number of benzene rings is 2. The zero-order chi connectivity index (χ0) is 21.4. The van der Waals surface area contributed by atoms with Crippen LogP contribution in [-0.4, -0.2) is 39.2 Å². The molecule has 1 aromatic heterocycles. The van der Waals surface area contributed by atoms with E-state index < -0.39 is 22.5 Å². The number of hydrogen-bond acceptors (Lipinski definition) is 6. The van der Waals surface area contributed by atoms with Crippen LogP contribution in [0, 0.1) is 0 Å². The van der Waals surface area contributed by atoms with Gasteiger partial charge in [0.05, 0.1) is 18.2 Å². The third-order valence-electron chi connectivity index (χ3n) is 4.06. The van der Waals surface area contributed by atoms with E-state index in [-0.39, 0.29) is 10.7 Å². The highest BCUT2D eigenvalue weighted by Gasteiger charge is 2.27. The van der Waals surface area contributed by atoms with Crippen LogP contribution in [0.3, 0.4) is 0 Å². The summed E-state index contributed by atoms with van der Waals surface area (Å²) in [5, 5.41) is 3.91. The van der Waals surface area contributed by atoms with Gasteiger partial charge >= 0.3 is 0 Å². The Bertz CT molecular complexity index is 1120. The van der Waals surface area contributed by atoms with Gasteiger partial charge in [-0.3, -0.25) is 4.79 Å². The molecule has 0 unspecified atom stereocenters. The number of hydrogen-bond donors (Lipinski definition) is 1. The van der Waals surface area contributed by atoms with E-state index in [2.05, 4.69) is 15.5 Å². The molecule has 0 saturated carbocycles. The second kappa shape index (κ2) is 9.66. The summed E-state index contributed by atoms with van der Waals surface area (Å²) in [6.45, 7) is -0.489. The molecule has 8 nitrogen and oxygen atoms in total. The van der Waals surface area contributed by atoms with Crippen molar-refractivity contribution in [2.24, 2.45) is 5.10 Å². The topological polar surface area (TPSA) is 101 Å². The van der Waals surface area contributed by atoms with Gasteiger partial charge in [0, 0.05) is 11.8 Å². The van der Waals surface area contributed by atoms with Gasteiger partial charge in [-0.15, -0.1) is 0 Å². The van der Waals surface area contributed by atoms with Gasteiger partial charge in [-0.2, -0.15) is 5.10 Å². The summed E-state index contributed by atoms with van der Waals surface area (Å²) in [5.41, 5.74) is 3.01. The number of rotatable bonds is 8. The normalized spacial score (nSPS) is 11.2. The van der Waals surface area contributed by atoms with Crippen molar-refractivity contribution in [1.82, 2.24) is 10.4 Å². The van der Waals surface area contributed by atoms with E-state index in [1.54, 1.807) is 48.5 Å². The van der Waals surface area contributed by atoms with E-state index in [1.807, 2.05) is 6.07 Å². The molecular weight excluding hydrogens is 404 g/mol. The van der Waals surface area contributed by atoms with Crippen LogP contribution in [0.25, 0.3) is 0 Å². The minimum atomic E-state index is -4.00. The first kappa shape index (κ1) is 21.0. The first-order chi connectivity index (χ1) is 14.5. The number of carbonyl (C=O) groups excluding carboxylic acids is 1. The molecule has 154 valence electrons. The maximum absolute atomic E-state index is 13.1. The number of sulfonamides is 1. The Morgan fingerprint density at radius 1 is 1.07 bits per heavy atom. The SMILES string of the molecule is COc1ccccc1/C=N\NC(=O)CN(c1ccccn1)S(=O)(=O)c1ccccc1. The van der Waals surface area contributed by atoms with Gasteiger partial charge in [0.1, 0.15) is 18.1 Å². The molecule has 0 aliphatic carbocycles. The van der Waals surface area contributed by atoms with Crippen molar-refractivity contribution in [2.75, 3.05) is 18.0 Å². The monoisotopic (exact) mass is 424 g/mol. The summed E-state index contributed by atoms with van der Waals surface area (Å²) in [5.74, 6) is 0.105. The largest absolute Gasteiger partial charge is 0.496 e. The summed E-state index contributed by atoms with van der Waals surface area (Å²) < 4.78 is 32.4. The van der Waals surface area contributed by atoms with Crippen molar-refractivity contribution >= 4 is 28.0 Å². The van der Waals surface area contributed by atoms with Crippen molar-refractivity contribution in [3.8, 4) is 5.75 Å². The average Bonchev–Trinajstić information content (AvgIpc) is 2.79. The molecule has 0 fully saturated rings. The molecule has 0 spiro atoms. The van der Waals surface area contributed by atoms with E-state index in [0.717, 1.165) is 4.31 Å². The summed E-state index contributed by atoms with van der Waals surface area (Å²) in [6, 6.07) is 19.8. The number of amides is 1. The lowest BCUT2D eigenvalue weighted by atomic mass is 10.2. The molecule has 9 heteroatoms. The Labute approximate surface area is 174 Å². The minimum Gasteiger partial charge on any atom is -0.496 e. The van der Waals surface area contributed by atoms with Crippen LogP contribution in [0.2, 0.25) is 0 Å². The van der Waals surface area contributed by atoms with Gasteiger partial charge in [-0.05, 0) is 36.4 Å². The second-order valence-corrected chi connectivity index (χ2v) is 7.91. The fourth-order valence-corrected chi connectivity index (χ4v) is 4.02. The quantitative estimate of drug-likeness (QED) is 0.442. The Kier molecular flexibility index (Phi) is 6.76. The number of pyridine rings is 1. The molecule has 2 aromatic carbocycles. The third-order valence-corrected chi connectivity index (χ3v) is 5.82. The Morgan fingerprint density at radius 3 is 2.47 bits per heavy atom. The van der Waals surface area contributed by atoms with Gasteiger partial charge in [-0.1, -0.05) is 36.4 Å². The van der Waals surface area contributed by atoms with Gasteiger partial charge in [0.2, 0.25) is 0 Å². The smallest absolute Gasteiger partial charge is 0.265 e. The molecular formula is C21H20N4O4S. The molecule has 0 bridgehead atoms. The molecule has 3 rings (SSSR count). The van der Waals surface area contributed by atoms with Crippen molar-refractivity contribution in [3.63, 3.8) is 0 Å². The molecule has 0 saturated heterocycles. The van der Waals surface area contributed by atoms with Gasteiger partial charge in [-0.25, -0.2) is 23.1 Å². The summed E-state index contributed by atoms with van der Waals surface area (Å²) in [6.07, 6.45) is 2.88. The van der Waals surface area contributed by atoms with E-state index in [0.29, 0.717) is 11.3 Å². The lowest BCUT2D eigenvalue weighted by molar-refractivity contribution is -0.119. The molecule has 1 heterocycles. The third kappa shape index (κ3) is 5.00. The highest BCUT2D eigenvalue weighted by molar-refractivity contribution is 7.92. The predicted octanol–water partition coefficient (Wildman–Crippen LogP) is 2.44. The fraction of sp³-hybridized carbons (Fsp3) is 0.0952. The highest BCUT2D eigenvalue weighted by Crippen LogP contribution is 2.21. The van der Waals surface area contributed by atoms with Crippen LogP contribution >= 0.6 is 0 Å². The first-order valence-electron chi connectivity index (χ1n) is 8.96. The minimum absolute atomic E-state index is 0.0565. The van der Waals surface area contributed by atoms with Crippen molar-refractivity contribution in [3.05, 3.63) is 84.6 Å². The number of aromatic nitrogens is 1. The summed E-state index contributed by atoms with van der Waals surface area (Å²) in [7, 11) is -2.47. The first-order valence-corrected chi connectivity index (χ1v) is 10.4. The van der Waals surface area contributed by atoms with Crippen LogP contribution in [0.1, 0.15) is 5.56 Å². The number of para-hydroxylation sites is 1. The van der Waals surface area contributed by atoms with Crippen LogP contribution in [0.5, 0.6) is 5.75 Å². The van der Waals surface area contributed by atoms with Crippen LogP contribution in [0.4, 0.5) is 5.82 Å². The van der Waals surface area contributed by atoms with Gasteiger partial charge < -0.3 is 4.74 Å². The molecule has 0 atom stereocenters. The van der Waals surface area contributed by atoms with E-state index in [9.17, 15) is 13.2 Å². The predicted molar refractivity (Wildman–Crippen MR) is 114 cm³/mol. The number of anilines is 1. The fourth-order valence-electron chi connectivity index (χ4n) is 2.62. The lowest BCUT2D eigenvalue weighted by Gasteiger charge is -2.22. The molecule has 0 radical (unpaired) electrons. The van der Waals surface area contributed by atoms with Crippen molar-refractivity contribution in [1.29, 1.82) is 0 Å². The Morgan fingerprint density at radius 2 is 1.77 bits per heavy atom. The van der Waals surface area contributed by atoms with E-state index >= 15 is 0 Å². The standard InChI is InChI=1S/C21H20N4O4S/c1-29-19-12-6-5-9-17(19)15-23-24-21(26)16-25(20-13-7-8-14-22-20)30(27,28)18-10-3-2-4-11-18/h2-15H,16H2,1H3,(H,24,26)/b23-15-. The van der Waals surface area contributed by atoms with Gasteiger partial charge in [0.25, 0.3) is 15.9 Å². The van der Waals surface area contributed by atoms with E-state index in [1.165, 1.54) is 37.7 Å². The number of ether oxygens (including phenoxy) is 1. The maximum atomic E-state index is 13.1. The number of nitrogens with one attached hydrogen (secondary N) is 1. The molecule has 30 heavy (non-hydrogen) atoms. The summed E-state index contributed by atoms with van der Waals surface area (Å²) in [4.78, 5) is 16.6. The molecule has 0 aliphatic rings. The second-order valence-electron chi connectivity index (χ2n) is 6.05. The number of carbonyl (C=O) groups is 1. The zero-order valence-corrected chi connectivity index (χ0v) is 17.0. The van der Waals surface area contributed by atoms with Crippen molar-refractivity contribution < 1.29 is 17.9 Å².